The van der Waals surface area contributed by atoms with Gasteiger partial charge in [-0.2, -0.15) is 0 Å². The minimum atomic E-state index is 0.0159. The molecule has 2 bridgehead atoms. The highest BCUT2D eigenvalue weighted by Gasteiger charge is 2.40. The molecule has 3 unspecified atom stereocenters. The molecular formula is C15H24O3. The molecule has 1 saturated carbocycles. The van der Waals surface area contributed by atoms with Crippen LogP contribution in [0.1, 0.15) is 44.9 Å². The zero-order valence-corrected chi connectivity index (χ0v) is 11.0. The number of aliphatic hydroxyl groups excluding tert-OH is 1. The van der Waals surface area contributed by atoms with Crippen molar-refractivity contribution in [3.8, 4) is 0 Å². The Bertz CT molecular complexity index is 298. The molecule has 0 spiro atoms. The van der Waals surface area contributed by atoms with Crippen LogP contribution in [0, 0.1) is 17.8 Å². The van der Waals surface area contributed by atoms with Gasteiger partial charge in [-0.25, -0.2) is 0 Å². The summed E-state index contributed by atoms with van der Waals surface area (Å²) in [7, 11) is 0. The number of carbonyl (C=O) groups is 1. The number of allylic oxidation sites excluding steroid dienone is 2. The summed E-state index contributed by atoms with van der Waals surface area (Å²) in [5.41, 5.74) is 0. The van der Waals surface area contributed by atoms with Crippen LogP contribution in [-0.2, 0) is 9.53 Å². The second-order valence-corrected chi connectivity index (χ2v) is 5.55. The highest BCUT2D eigenvalue weighted by atomic mass is 16.5. The Morgan fingerprint density at radius 1 is 1.11 bits per heavy atom. The Hall–Kier alpha value is -0.830. The Morgan fingerprint density at radius 3 is 2.56 bits per heavy atom. The van der Waals surface area contributed by atoms with Gasteiger partial charge in [0.25, 0.3) is 0 Å². The second kappa shape index (κ2) is 6.93. The molecule has 0 aromatic carbocycles. The molecule has 0 aliphatic heterocycles. The first-order valence-electron chi connectivity index (χ1n) is 7.27. The summed E-state index contributed by atoms with van der Waals surface area (Å²) in [6.07, 6.45) is 11.7. The van der Waals surface area contributed by atoms with Gasteiger partial charge in [0, 0.05) is 6.61 Å². The molecule has 18 heavy (non-hydrogen) atoms. The van der Waals surface area contributed by atoms with Crippen LogP contribution in [-0.4, -0.2) is 24.3 Å². The summed E-state index contributed by atoms with van der Waals surface area (Å²) >= 11 is 0. The first-order chi connectivity index (χ1) is 8.81. The van der Waals surface area contributed by atoms with Gasteiger partial charge < -0.3 is 9.84 Å². The predicted octanol–water partition coefficient (Wildman–Crippen LogP) is 2.68. The normalized spacial score (nSPS) is 28.8. The number of esters is 1. The van der Waals surface area contributed by atoms with Crippen molar-refractivity contribution < 1.29 is 14.6 Å². The minimum Gasteiger partial charge on any atom is -0.465 e. The van der Waals surface area contributed by atoms with Crippen molar-refractivity contribution in [1.29, 1.82) is 0 Å². The molecule has 0 aromatic rings. The first kappa shape index (κ1) is 13.6. The van der Waals surface area contributed by atoms with E-state index in [9.17, 15) is 4.79 Å². The Morgan fingerprint density at radius 2 is 1.89 bits per heavy atom. The Labute approximate surface area is 109 Å². The summed E-state index contributed by atoms with van der Waals surface area (Å²) < 4.78 is 5.36. The van der Waals surface area contributed by atoms with Gasteiger partial charge in [0.2, 0.25) is 0 Å². The number of hydrogen-bond donors (Lipinski definition) is 1. The van der Waals surface area contributed by atoms with Crippen LogP contribution in [0.25, 0.3) is 0 Å². The number of hydrogen-bond acceptors (Lipinski definition) is 3. The van der Waals surface area contributed by atoms with Gasteiger partial charge in [0.1, 0.15) is 0 Å². The van der Waals surface area contributed by atoms with E-state index in [-0.39, 0.29) is 18.5 Å². The molecular weight excluding hydrogens is 228 g/mol. The average molecular weight is 252 g/mol. The largest absolute Gasteiger partial charge is 0.465 e. The van der Waals surface area contributed by atoms with Crippen LogP contribution in [0.2, 0.25) is 0 Å². The van der Waals surface area contributed by atoms with Crippen LogP contribution >= 0.6 is 0 Å². The standard InChI is InChI=1S/C15H24O3/c16-8-4-2-1-3-5-9-18-15(17)14-11-12-6-7-13(14)10-12/h6-7,12-14,16H,1-5,8-11H2. The molecule has 2 aliphatic rings. The van der Waals surface area contributed by atoms with Crippen molar-refractivity contribution in [2.45, 2.75) is 44.9 Å². The van der Waals surface area contributed by atoms with E-state index >= 15 is 0 Å². The van der Waals surface area contributed by atoms with Gasteiger partial charge in [0.15, 0.2) is 0 Å². The second-order valence-electron chi connectivity index (χ2n) is 5.55. The molecule has 1 N–H and O–H groups in total. The molecule has 102 valence electrons. The lowest BCUT2D eigenvalue weighted by Gasteiger charge is -2.16. The van der Waals surface area contributed by atoms with Crippen molar-refractivity contribution in [3.63, 3.8) is 0 Å². The van der Waals surface area contributed by atoms with Gasteiger partial charge in [0.05, 0.1) is 12.5 Å². The third kappa shape index (κ3) is 3.58. The third-order valence-electron chi connectivity index (χ3n) is 4.13. The van der Waals surface area contributed by atoms with E-state index in [0.717, 1.165) is 44.9 Å². The van der Waals surface area contributed by atoms with Crippen LogP contribution < -0.4 is 0 Å². The van der Waals surface area contributed by atoms with Gasteiger partial charge in [-0.05, 0) is 37.5 Å². The molecule has 1 fully saturated rings. The first-order valence-corrected chi connectivity index (χ1v) is 7.27. The maximum atomic E-state index is 11.9. The van der Waals surface area contributed by atoms with Crippen molar-refractivity contribution in [2.75, 3.05) is 13.2 Å². The average Bonchev–Trinajstić information content (AvgIpc) is 2.99. The number of fused-ring (bicyclic) bond motifs is 2. The van der Waals surface area contributed by atoms with Crippen LogP contribution in [0.15, 0.2) is 12.2 Å². The lowest BCUT2D eigenvalue weighted by atomic mass is 9.94. The summed E-state index contributed by atoms with van der Waals surface area (Å²) in [6, 6.07) is 0. The summed E-state index contributed by atoms with van der Waals surface area (Å²) in [5.74, 6) is 1.23. The highest BCUT2D eigenvalue weighted by molar-refractivity contribution is 5.74. The topological polar surface area (TPSA) is 46.5 Å². The SMILES string of the molecule is O=C(OCCCCCCCO)C1CC2C=CC1C2. The fourth-order valence-electron chi connectivity index (χ4n) is 3.08. The predicted molar refractivity (Wildman–Crippen MR) is 70.0 cm³/mol. The number of ether oxygens (including phenoxy) is 1. The van der Waals surface area contributed by atoms with Crippen LogP contribution in [0.5, 0.6) is 0 Å². The molecule has 3 atom stereocenters. The van der Waals surface area contributed by atoms with E-state index in [1.165, 1.54) is 0 Å². The van der Waals surface area contributed by atoms with E-state index in [1.54, 1.807) is 0 Å². The molecule has 0 amide bonds. The number of unbranched alkanes of at least 4 members (excludes halogenated alkanes) is 4. The number of rotatable bonds is 8. The molecule has 0 heterocycles. The monoisotopic (exact) mass is 252 g/mol. The van der Waals surface area contributed by atoms with E-state index < -0.39 is 0 Å². The maximum Gasteiger partial charge on any atom is 0.309 e. The van der Waals surface area contributed by atoms with Gasteiger partial charge in [-0.1, -0.05) is 31.4 Å². The van der Waals surface area contributed by atoms with E-state index in [2.05, 4.69) is 12.2 Å². The van der Waals surface area contributed by atoms with Crippen LogP contribution in [0.3, 0.4) is 0 Å². The maximum absolute atomic E-state index is 11.9. The lowest BCUT2D eigenvalue weighted by molar-refractivity contribution is -0.149. The zero-order chi connectivity index (χ0) is 12.8. The van der Waals surface area contributed by atoms with Gasteiger partial charge in [-0.3, -0.25) is 4.79 Å². The molecule has 3 heteroatoms. The van der Waals surface area contributed by atoms with Crippen molar-refractivity contribution in [1.82, 2.24) is 0 Å². The Balaban J connectivity index is 1.52. The molecule has 0 aromatic heterocycles. The van der Waals surface area contributed by atoms with E-state index in [4.69, 9.17) is 9.84 Å². The molecule has 0 radical (unpaired) electrons. The number of carbonyl (C=O) groups excluding carboxylic acids is 1. The fourth-order valence-corrected chi connectivity index (χ4v) is 3.08. The van der Waals surface area contributed by atoms with E-state index in [1.807, 2.05) is 0 Å². The molecule has 2 rings (SSSR count). The molecule has 2 aliphatic carbocycles. The molecule has 0 saturated heterocycles. The molecule has 3 nitrogen and oxygen atoms in total. The quantitative estimate of drug-likeness (QED) is 0.410. The summed E-state index contributed by atoms with van der Waals surface area (Å²) in [6.45, 7) is 0.850. The highest BCUT2D eigenvalue weighted by Crippen LogP contribution is 2.43. The third-order valence-corrected chi connectivity index (χ3v) is 4.13. The minimum absolute atomic E-state index is 0.0159. The smallest absolute Gasteiger partial charge is 0.309 e. The van der Waals surface area contributed by atoms with Gasteiger partial charge >= 0.3 is 5.97 Å². The van der Waals surface area contributed by atoms with Crippen LogP contribution in [0.4, 0.5) is 0 Å². The lowest BCUT2D eigenvalue weighted by Crippen LogP contribution is -2.21. The van der Waals surface area contributed by atoms with Crippen molar-refractivity contribution >= 4 is 5.97 Å². The van der Waals surface area contributed by atoms with E-state index in [0.29, 0.717) is 18.4 Å². The van der Waals surface area contributed by atoms with Crippen molar-refractivity contribution in [2.24, 2.45) is 17.8 Å². The fraction of sp³-hybridized carbons (Fsp3) is 0.800. The summed E-state index contributed by atoms with van der Waals surface area (Å²) in [5, 5.41) is 8.64. The van der Waals surface area contributed by atoms with Gasteiger partial charge in [-0.15, -0.1) is 0 Å². The van der Waals surface area contributed by atoms with Crippen molar-refractivity contribution in [3.05, 3.63) is 12.2 Å². The Kier molecular flexibility index (Phi) is 5.24. The zero-order valence-electron chi connectivity index (χ0n) is 11.0. The number of aliphatic hydroxyl groups is 1. The summed E-state index contributed by atoms with van der Waals surface area (Å²) in [4.78, 5) is 11.9.